The van der Waals surface area contributed by atoms with Gasteiger partial charge in [-0.15, -0.1) is 0 Å². The zero-order valence-electron chi connectivity index (χ0n) is 7.12. The van der Waals surface area contributed by atoms with Crippen LogP contribution in [-0.2, 0) is 6.54 Å². The van der Waals surface area contributed by atoms with Crippen LogP contribution in [0.25, 0.3) is 0 Å². The SMILES string of the molecule is Cc1c(Cl)cc(CN)c(C)c1Br. The molecule has 0 heterocycles. The van der Waals surface area contributed by atoms with E-state index in [1.165, 1.54) is 5.56 Å². The Hall–Kier alpha value is -0.0500. The highest BCUT2D eigenvalue weighted by atomic mass is 79.9. The van der Waals surface area contributed by atoms with Gasteiger partial charge in [0.2, 0.25) is 0 Å². The van der Waals surface area contributed by atoms with E-state index in [-0.39, 0.29) is 0 Å². The molecule has 0 fully saturated rings. The van der Waals surface area contributed by atoms with Gasteiger partial charge in [0, 0.05) is 16.0 Å². The van der Waals surface area contributed by atoms with Crippen molar-refractivity contribution in [2.24, 2.45) is 5.73 Å². The van der Waals surface area contributed by atoms with Gasteiger partial charge in [0.1, 0.15) is 0 Å². The van der Waals surface area contributed by atoms with Gasteiger partial charge in [-0.2, -0.15) is 0 Å². The molecule has 0 aliphatic heterocycles. The molecule has 3 heteroatoms. The summed E-state index contributed by atoms with van der Waals surface area (Å²) in [4.78, 5) is 0. The molecule has 0 unspecified atom stereocenters. The number of benzene rings is 1. The summed E-state index contributed by atoms with van der Waals surface area (Å²) in [5.41, 5.74) is 8.91. The predicted molar refractivity (Wildman–Crippen MR) is 56.5 cm³/mol. The van der Waals surface area contributed by atoms with Gasteiger partial charge in [-0.25, -0.2) is 0 Å². The molecule has 0 aliphatic rings. The lowest BCUT2D eigenvalue weighted by Crippen LogP contribution is -2.00. The van der Waals surface area contributed by atoms with E-state index in [0.717, 1.165) is 20.6 Å². The van der Waals surface area contributed by atoms with Crippen molar-refractivity contribution in [1.82, 2.24) is 0 Å². The van der Waals surface area contributed by atoms with Gasteiger partial charge >= 0.3 is 0 Å². The number of hydrogen-bond acceptors (Lipinski definition) is 1. The van der Waals surface area contributed by atoms with Crippen LogP contribution in [0, 0.1) is 13.8 Å². The monoisotopic (exact) mass is 247 g/mol. The molecule has 12 heavy (non-hydrogen) atoms. The van der Waals surface area contributed by atoms with Crippen molar-refractivity contribution in [3.8, 4) is 0 Å². The summed E-state index contributed by atoms with van der Waals surface area (Å²) in [6.45, 7) is 4.56. The van der Waals surface area contributed by atoms with Crippen LogP contribution in [0.3, 0.4) is 0 Å². The maximum Gasteiger partial charge on any atom is 0.0449 e. The standard InChI is InChI=1S/C9H11BrClN/c1-5-7(4-12)3-8(11)6(2)9(5)10/h3H,4,12H2,1-2H3. The smallest absolute Gasteiger partial charge is 0.0449 e. The Balaban J connectivity index is 3.39. The molecular formula is C9H11BrClN. The molecule has 0 saturated heterocycles. The lowest BCUT2D eigenvalue weighted by molar-refractivity contribution is 1.04. The lowest BCUT2D eigenvalue weighted by Gasteiger charge is -2.09. The van der Waals surface area contributed by atoms with Gasteiger partial charge in [0.25, 0.3) is 0 Å². The zero-order chi connectivity index (χ0) is 9.30. The number of nitrogens with two attached hydrogens (primary N) is 1. The van der Waals surface area contributed by atoms with Gasteiger partial charge in [0.15, 0.2) is 0 Å². The quantitative estimate of drug-likeness (QED) is 0.812. The lowest BCUT2D eigenvalue weighted by atomic mass is 10.1. The number of hydrogen-bond donors (Lipinski definition) is 1. The first-order valence-electron chi connectivity index (χ1n) is 3.72. The first-order chi connectivity index (χ1) is 5.57. The van der Waals surface area contributed by atoms with Crippen LogP contribution in [0.4, 0.5) is 0 Å². The zero-order valence-corrected chi connectivity index (χ0v) is 9.46. The minimum atomic E-state index is 0.532. The first-order valence-corrected chi connectivity index (χ1v) is 4.89. The highest BCUT2D eigenvalue weighted by Gasteiger charge is 2.07. The number of rotatable bonds is 1. The third-order valence-corrected chi connectivity index (χ3v) is 3.60. The molecule has 1 nitrogen and oxygen atoms in total. The van der Waals surface area contributed by atoms with E-state index in [9.17, 15) is 0 Å². The van der Waals surface area contributed by atoms with Gasteiger partial charge in [-0.3, -0.25) is 0 Å². The second kappa shape index (κ2) is 3.77. The van der Waals surface area contributed by atoms with Crippen molar-refractivity contribution in [2.75, 3.05) is 0 Å². The predicted octanol–water partition coefficient (Wildman–Crippen LogP) is 3.18. The molecule has 0 radical (unpaired) electrons. The van der Waals surface area contributed by atoms with E-state index in [1.54, 1.807) is 0 Å². The van der Waals surface area contributed by atoms with E-state index in [2.05, 4.69) is 15.9 Å². The molecule has 0 aliphatic carbocycles. The van der Waals surface area contributed by atoms with Crippen molar-refractivity contribution in [3.63, 3.8) is 0 Å². The molecule has 1 aromatic carbocycles. The summed E-state index contributed by atoms with van der Waals surface area (Å²) in [7, 11) is 0. The minimum absolute atomic E-state index is 0.532. The first kappa shape index (κ1) is 10.0. The summed E-state index contributed by atoms with van der Waals surface area (Å²) < 4.78 is 1.07. The van der Waals surface area contributed by atoms with Crippen molar-refractivity contribution in [1.29, 1.82) is 0 Å². The topological polar surface area (TPSA) is 26.0 Å². The highest BCUT2D eigenvalue weighted by molar-refractivity contribution is 9.10. The van der Waals surface area contributed by atoms with Gasteiger partial charge in [0.05, 0.1) is 0 Å². The molecule has 0 atom stereocenters. The van der Waals surface area contributed by atoms with Crippen LogP contribution < -0.4 is 5.73 Å². The van der Waals surface area contributed by atoms with Crippen LogP contribution in [0.5, 0.6) is 0 Å². The maximum absolute atomic E-state index is 5.98. The molecular weight excluding hydrogens is 237 g/mol. The van der Waals surface area contributed by atoms with Crippen molar-refractivity contribution in [3.05, 3.63) is 32.3 Å². The summed E-state index contributed by atoms with van der Waals surface area (Å²) in [6, 6.07) is 1.93. The van der Waals surface area contributed by atoms with Crippen LogP contribution in [0.2, 0.25) is 5.02 Å². The normalized spacial score (nSPS) is 10.4. The molecule has 0 aromatic heterocycles. The van der Waals surface area contributed by atoms with E-state index < -0.39 is 0 Å². The molecule has 0 saturated carbocycles. The summed E-state index contributed by atoms with van der Waals surface area (Å²) in [6.07, 6.45) is 0. The third-order valence-electron chi connectivity index (χ3n) is 2.02. The molecule has 0 spiro atoms. The molecule has 0 amide bonds. The summed E-state index contributed by atoms with van der Waals surface area (Å²) in [5.74, 6) is 0. The fourth-order valence-electron chi connectivity index (χ4n) is 1.11. The Morgan fingerprint density at radius 3 is 2.50 bits per heavy atom. The van der Waals surface area contributed by atoms with Gasteiger partial charge < -0.3 is 5.73 Å². The Kier molecular flexibility index (Phi) is 3.16. The average molecular weight is 249 g/mol. The maximum atomic E-state index is 5.98. The average Bonchev–Trinajstić information content (AvgIpc) is 2.08. The fourth-order valence-corrected chi connectivity index (χ4v) is 1.92. The van der Waals surface area contributed by atoms with Crippen molar-refractivity contribution in [2.45, 2.75) is 20.4 Å². The largest absolute Gasteiger partial charge is 0.326 e. The third kappa shape index (κ3) is 1.65. The minimum Gasteiger partial charge on any atom is -0.326 e. The van der Waals surface area contributed by atoms with E-state index in [0.29, 0.717) is 6.54 Å². The van der Waals surface area contributed by atoms with E-state index in [4.69, 9.17) is 17.3 Å². The van der Waals surface area contributed by atoms with Crippen LogP contribution in [0.15, 0.2) is 10.5 Å². The molecule has 1 rings (SSSR count). The molecule has 0 bridgehead atoms. The Morgan fingerprint density at radius 1 is 1.42 bits per heavy atom. The van der Waals surface area contributed by atoms with Crippen molar-refractivity contribution < 1.29 is 0 Å². The summed E-state index contributed by atoms with van der Waals surface area (Å²) >= 11 is 9.47. The molecule has 1 aromatic rings. The van der Waals surface area contributed by atoms with Crippen LogP contribution in [0.1, 0.15) is 16.7 Å². The second-order valence-electron chi connectivity index (χ2n) is 2.79. The molecule has 2 N–H and O–H groups in total. The van der Waals surface area contributed by atoms with Crippen LogP contribution >= 0.6 is 27.5 Å². The second-order valence-corrected chi connectivity index (χ2v) is 3.99. The van der Waals surface area contributed by atoms with Crippen LogP contribution in [-0.4, -0.2) is 0 Å². The Labute approximate surface area is 86.0 Å². The van der Waals surface area contributed by atoms with Crippen molar-refractivity contribution >= 4 is 27.5 Å². The van der Waals surface area contributed by atoms with Gasteiger partial charge in [-0.1, -0.05) is 27.5 Å². The van der Waals surface area contributed by atoms with E-state index in [1.807, 2.05) is 19.9 Å². The Bertz CT molecular complexity index is 310. The Morgan fingerprint density at radius 2 is 2.00 bits per heavy atom. The fraction of sp³-hybridized carbons (Fsp3) is 0.333. The van der Waals surface area contributed by atoms with Gasteiger partial charge in [-0.05, 0) is 36.6 Å². The molecule has 66 valence electrons. The van der Waals surface area contributed by atoms with E-state index >= 15 is 0 Å². The summed E-state index contributed by atoms with van der Waals surface area (Å²) in [5, 5.41) is 0.771. The highest BCUT2D eigenvalue weighted by Crippen LogP contribution is 2.29. The number of halogens is 2.